The van der Waals surface area contributed by atoms with Crippen LogP contribution in [0.4, 0.5) is 17.1 Å². The Balaban J connectivity index is 1.74. The molecule has 0 unspecified atom stereocenters. The third-order valence-corrected chi connectivity index (χ3v) is 6.95. The average molecular weight is 450 g/mol. The highest BCUT2D eigenvalue weighted by Crippen LogP contribution is 2.39. The summed E-state index contributed by atoms with van der Waals surface area (Å²) < 4.78 is 26.7. The fraction of sp³-hybridized carbons (Fsp3) is 0.222. The number of nitrogens with one attached hydrogen (secondary N) is 1. The molecule has 156 valence electrons. The molecule has 2 heterocycles. The smallest absolute Gasteiger partial charge is 0.298 e. The van der Waals surface area contributed by atoms with Gasteiger partial charge in [0.05, 0.1) is 15.3 Å². The summed E-state index contributed by atoms with van der Waals surface area (Å²) in [5.74, 6) is -0.271. The van der Waals surface area contributed by atoms with Gasteiger partial charge in [-0.3, -0.25) is 10.1 Å². The van der Waals surface area contributed by atoms with E-state index in [1.807, 2.05) is 0 Å². The molecule has 2 N–H and O–H groups in total. The van der Waals surface area contributed by atoms with E-state index in [4.69, 9.17) is 11.6 Å². The van der Waals surface area contributed by atoms with Gasteiger partial charge in [0.2, 0.25) is 15.9 Å². The molecule has 2 aromatic carbocycles. The van der Waals surface area contributed by atoms with E-state index in [1.165, 1.54) is 16.4 Å². The standard InChI is InChI=1S/C18H16ClN5O5S/c19-11-3-5-14-13(9-11)17(18(25)20-14)22-21-15-6-4-12(10-16(15)24(26)27)30(28,29)23-7-1-2-8-23/h3-6,9-10,20,25H,1-2,7-8H2. The zero-order valence-corrected chi connectivity index (χ0v) is 17.0. The second-order valence-electron chi connectivity index (χ2n) is 6.73. The Morgan fingerprint density at radius 1 is 1.13 bits per heavy atom. The van der Waals surface area contributed by atoms with Gasteiger partial charge in [0.1, 0.15) is 0 Å². The van der Waals surface area contributed by atoms with Crippen LogP contribution in [0, 0.1) is 10.1 Å². The SMILES string of the molecule is O=[N+]([O-])c1cc(S(=O)(=O)N2CCCC2)ccc1N=Nc1c(O)[nH]c2ccc(Cl)cc12. The molecule has 0 saturated carbocycles. The minimum Gasteiger partial charge on any atom is -0.493 e. The van der Waals surface area contributed by atoms with Crippen molar-refractivity contribution >= 4 is 49.6 Å². The van der Waals surface area contributed by atoms with Crippen molar-refractivity contribution in [1.82, 2.24) is 9.29 Å². The minimum atomic E-state index is -3.81. The fourth-order valence-electron chi connectivity index (χ4n) is 3.31. The number of azo groups is 1. The summed E-state index contributed by atoms with van der Waals surface area (Å²) in [6.45, 7) is 0.778. The van der Waals surface area contributed by atoms with Gasteiger partial charge in [0.25, 0.3) is 5.69 Å². The van der Waals surface area contributed by atoms with Crippen LogP contribution in [0.1, 0.15) is 12.8 Å². The Labute approximate surface area is 176 Å². The van der Waals surface area contributed by atoms with Crippen LogP contribution in [0.15, 0.2) is 51.5 Å². The Hall–Kier alpha value is -3.02. The number of rotatable bonds is 5. The summed E-state index contributed by atoms with van der Waals surface area (Å²) in [5, 5.41) is 30.3. The molecule has 0 amide bonds. The van der Waals surface area contributed by atoms with Crippen molar-refractivity contribution < 1.29 is 18.4 Å². The predicted octanol–water partition coefficient (Wildman–Crippen LogP) is 4.64. The van der Waals surface area contributed by atoms with Crippen LogP contribution in [0.3, 0.4) is 0 Å². The van der Waals surface area contributed by atoms with Gasteiger partial charge in [-0.05, 0) is 43.2 Å². The normalized spacial score (nSPS) is 15.4. The Kier molecular flexibility index (Phi) is 5.18. The number of benzene rings is 2. The first-order valence-electron chi connectivity index (χ1n) is 8.98. The molecule has 0 aliphatic carbocycles. The van der Waals surface area contributed by atoms with Gasteiger partial charge in [0.15, 0.2) is 11.4 Å². The van der Waals surface area contributed by atoms with Gasteiger partial charge >= 0.3 is 0 Å². The first kappa shape index (κ1) is 20.3. The van der Waals surface area contributed by atoms with Crippen LogP contribution < -0.4 is 0 Å². The van der Waals surface area contributed by atoms with E-state index in [9.17, 15) is 23.6 Å². The van der Waals surface area contributed by atoms with Crippen LogP contribution in [-0.4, -0.2) is 40.8 Å². The zero-order valence-electron chi connectivity index (χ0n) is 15.4. The van der Waals surface area contributed by atoms with Gasteiger partial charge < -0.3 is 10.1 Å². The molecule has 3 aromatic rings. The summed E-state index contributed by atoms with van der Waals surface area (Å²) >= 11 is 5.98. The molecule has 1 fully saturated rings. The lowest BCUT2D eigenvalue weighted by Gasteiger charge is -2.15. The van der Waals surface area contributed by atoms with Crippen molar-refractivity contribution in [2.45, 2.75) is 17.7 Å². The molecule has 0 spiro atoms. The van der Waals surface area contributed by atoms with Crippen molar-refractivity contribution in [3.05, 3.63) is 51.5 Å². The van der Waals surface area contributed by atoms with Crippen molar-refractivity contribution in [2.24, 2.45) is 10.2 Å². The highest BCUT2D eigenvalue weighted by molar-refractivity contribution is 7.89. The number of sulfonamides is 1. The topological polar surface area (TPSA) is 141 Å². The Bertz CT molecular complexity index is 1280. The van der Waals surface area contributed by atoms with Gasteiger partial charge in [0, 0.05) is 29.6 Å². The van der Waals surface area contributed by atoms with Gasteiger partial charge in [-0.2, -0.15) is 4.31 Å². The van der Waals surface area contributed by atoms with E-state index in [2.05, 4.69) is 15.2 Å². The molecule has 0 atom stereocenters. The van der Waals surface area contributed by atoms with E-state index in [1.54, 1.807) is 18.2 Å². The van der Waals surface area contributed by atoms with E-state index in [0.29, 0.717) is 29.0 Å². The van der Waals surface area contributed by atoms with Crippen LogP contribution in [0.5, 0.6) is 5.88 Å². The first-order valence-corrected chi connectivity index (χ1v) is 10.8. The number of halogens is 1. The van der Waals surface area contributed by atoms with Crippen molar-refractivity contribution in [1.29, 1.82) is 0 Å². The molecule has 1 aliphatic heterocycles. The van der Waals surface area contributed by atoms with Crippen LogP contribution >= 0.6 is 11.6 Å². The number of hydrogen-bond acceptors (Lipinski definition) is 7. The molecule has 4 rings (SSSR count). The summed E-state index contributed by atoms with van der Waals surface area (Å²) in [7, 11) is -3.81. The van der Waals surface area contributed by atoms with Crippen molar-refractivity contribution in [3.8, 4) is 5.88 Å². The van der Waals surface area contributed by atoms with Gasteiger partial charge in [-0.25, -0.2) is 8.42 Å². The van der Waals surface area contributed by atoms with Crippen LogP contribution in [0.25, 0.3) is 10.9 Å². The minimum absolute atomic E-state index is 0.0653. The number of aromatic nitrogens is 1. The number of nitro groups is 1. The molecule has 12 heteroatoms. The zero-order chi connectivity index (χ0) is 21.5. The maximum Gasteiger partial charge on any atom is 0.298 e. The molecular weight excluding hydrogens is 434 g/mol. The predicted molar refractivity (Wildman–Crippen MR) is 110 cm³/mol. The number of nitrogens with zero attached hydrogens (tertiary/aromatic N) is 4. The second-order valence-corrected chi connectivity index (χ2v) is 9.11. The number of nitro benzene ring substituents is 1. The lowest BCUT2D eigenvalue weighted by atomic mass is 10.2. The molecule has 0 bridgehead atoms. The largest absolute Gasteiger partial charge is 0.493 e. The Morgan fingerprint density at radius 3 is 2.57 bits per heavy atom. The summed E-state index contributed by atoms with van der Waals surface area (Å²) in [5.41, 5.74) is -0.0181. The summed E-state index contributed by atoms with van der Waals surface area (Å²) in [6, 6.07) is 8.32. The highest BCUT2D eigenvalue weighted by atomic mass is 35.5. The number of fused-ring (bicyclic) bond motifs is 1. The number of H-pyrrole nitrogens is 1. The molecular formula is C18H16ClN5O5S. The van der Waals surface area contributed by atoms with Gasteiger partial charge in [-0.1, -0.05) is 11.6 Å². The maximum absolute atomic E-state index is 12.7. The average Bonchev–Trinajstić information content (AvgIpc) is 3.34. The first-order chi connectivity index (χ1) is 14.3. The number of hydrogen-bond donors (Lipinski definition) is 2. The molecule has 1 saturated heterocycles. The second kappa shape index (κ2) is 7.67. The summed E-state index contributed by atoms with van der Waals surface area (Å²) in [4.78, 5) is 13.4. The lowest BCUT2D eigenvalue weighted by molar-refractivity contribution is -0.384. The van der Waals surface area contributed by atoms with Crippen LogP contribution in [0.2, 0.25) is 5.02 Å². The summed E-state index contributed by atoms with van der Waals surface area (Å²) in [6.07, 6.45) is 1.51. The molecule has 1 aliphatic rings. The quantitative estimate of drug-likeness (QED) is 0.331. The monoisotopic (exact) mass is 449 g/mol. The molecule has 10 nitrogen and oxygen atoms in total. The van der Waals surface area contributed by atoms with Crippen LogP contribution in [-0.2, 0) is 10.0 Å². The Morgan fingerprint density at radius 2 is 1.87 bits per heavy atom. The van der Waals surface area contributed by atoms with Gasteiger partial charge in [-0.15, -0.1) is 10.2 Å². The van der Waals surface area contributed by atoms with E-state index < -0.39 is 20.6 Å². The van der Waals surface area contributed by atoms with E-state index >= 15 is 0 Å². The number of aromatic amines is 1. The number of aromatic hydroxyl groups is 1. The van der Waals surface area contributed by atoms with Crippen molar-refractivity contribution in [2.75, 3.05) is 13.1 Å². The molecule has 30 heavy (non-hydrogen) atoms. The highest BCUT2D eigenvalue weighted by Gasteiger charge is 2.29. The third-order valence-electron chi connectivity index (χ3n) is 4.82. The third kappa shape index (κ3) is 3.62. The van der Waals surface area contributed by atoms with E-state index in [-0.39, 0.29) is 22.2 Å². The lowest BCUT2D eigenvalue weighted by Crippen LogP contribution is -2.27. The molecule has 1 aromatic heterocycles. The van der Waals surface area contributed by atoms with E-state index in [0.717, 1.165) is 18.9 Å². The molecule has 0 radical (unpaired) electrons. The van der Waals surface area contributed by atoms with Crippen molar-refractivity contribution in [3.63, 3.8) is 0 Å². The fourth-order valence-corrected chi connectivity index (χ4v) is 5.02. The maximum atomic E-state index is 12.7.